The highest BCUT2D eigenvalue weighted by atomic mass is 32.2. The zero-order valence-corrected chi connectivity index (χ0v) is 14.7. The van der Waals surface area contributed by atoms with E-state index in [1.54, 1.807) is 24.3 Å². The topological polar surface area (TPSA) is 80.4 Å². The molecule has 0 radical (unpaired) electrons. The highest BCUT2D eigenvalue weighted by Gasteiger charge is 2.43. The summed E-state index contributed by atoms with van der Waals surface area (Å²) in [6, 6.07) is 14.2. The minimum Gasteiger partial charge on any atom is -0.508 e. The van der Waals surface area contributed by atoms with Crippen LogP contribution in [0, 0.1) is 5.41 Å². The third-order valence-corrected chi connectivity index (χ3v) is 6.56. The van der Waals surface area contributed by atoms with Gasteiger partial charge in [0.1, 0.15) is 5.75 Å². The van der Waals surface area contributed by atoms with Crippen molar-refractivity contribution in [3.8, 4) is 5.75 Å². The molecule has 4 rings (SSSR count). The second-order valence-electron chi connectivity index (χ2n) is 7.28. The number of sulfonamides is 1. The SMILES string of the molecule is NS(=O)(=O)c1ccc(C2=C(c3ccc(O)cc3)CC3(CCC3)C2)cc1. The van der Waals surface area contributed by atoms with Gasteiger partial charge in [-0.1, -0.05) is 30.7 Å². The van der Waals surface area contributed by atoms with Gasteiger partial charge in [0.25, 0.3) is 0 Å². The van der Waals surface area contributed by atoms with Gasteiger partial charge < -0.3 is 5.11 Å². The van der Waals surface area contributed by atoms with Gasteiger partial charge in [0.05, 0.1) is 4.90 Å². The van der Waals surface area contributed by atoms with Crippen molar-refractivity contribution >= 4 is 21.2 Å². The van der Waals surface area contributed by atoms with Crippen LogP contribution in [0.4, 0.5) is 0 Å². The maximum atomic E-state index is 11.5. The van der Waals surface area contributed by atoms with Crippen molar-refractivity contribution in [2.75, 3.05) is 0 Å². The van der Waals surface area contributed by atoms with Crippen molar-refractivity contribution in [2.24, 2.45) is 10.6 Å². The van der Waals surface area contributed by atoms with E-state index in [0.717, 1.165) is 24.0 Å². The number of allylic oxidation sites excluding steroid dienone is 2. The molecule has 5 heteroatoms. The molecule has 2 aliphatic carbocycles. The van der Waals surface area contributed by atoms with Crippen LogP contribution in [0.15, 0.2) is 53.4 Å². The molecule has 0 aliphatic heterocycles. The zero-order chi connectivity index (χ0) is 17.7. The first kappa shape index (κ1) is 16.4. The van der Waals surface area contributed by atoms with Crippen molar-refractivity contribution < 1.29 is 13.5 Å². The standard InChI is InChI=1S/C20H21NO3S/c21-25(23,24)17-8-4-15(5-9-17)19-13-20(10-1-11-20)12-18(19)14-2-6-16(22)7-3-14/h2-9,22H,1,10-13H2,(H2,21,23,24). The van der Waals surface area contributed by atoms with Gasteiger partial charge in [-0.25, -0.2) is 13.6 Å². The molecule has 2 aromatic rings. The maximum Gasteiger partial charge on any atom is 0.238 e. The van der Waals surface area contributed by atoms with E-state index in [0.29, 0.717) is 5.41 Å². The molecule has 1 saturated carbocycles. The van der Waals surface area contributed by atoms with Gasteiger partial charge in [0, 0.05) is 0 Å². The quantitative estimate of drug-likeness (QED) is 0.876. The Morgan fingerprint density at radius 2 is 1.32 bits per heavy atom. The molecule has 0 aromatic heterocycles. The summed E-state index contributed by atoms with van der Waals surface area (Å²) in [5.41, 5.74) is 5.14. The number of phenolic OH excluding ortho intramolecular Hbond substituents is 1. The summed E-state index contributed by atoms with van der Waals surface area (Å²) >= 11 is 0. The first-order chi connectivity index (χ1) is 11.9. The molecular weight excluding hydrogens is 334 g/mol. The fourth-order valence-corrected chi connectivity index (χ4v) is 4.63. The molecule has 4 nitrogen and oxygen atoms in total. The monoisotopic (exact) mass is 355 g/mol. The zero-order valence-electron chi connectivity index (χ0n) is 13.9. The van der Waals surface area contributed by atoms with Crippen LogP contribution in [0.5, 0.6) is 5.75 Å². The third kappa shape index (κ3) is 2.98. The van der Waals surface area contributed by atoms with Gasteiger partial charge in [-0.15, -0.1) is 0 Å². The van der Waals surface area contributed by atoms with Gasteiger partial charge in [0.2, 0.25) is 10.0 Å². The van der Waals surface area contributed by atoms with Gasteiger partial charge in [-0.2, -0.15) is 0 Å². The van der Waals surface area contributed by atoms with Crippen LogP contribution in [0.25, 0.3) is 11.1 Å². The lowest BCUT2D eigenvalue weighted by Crippen LogP contribution is -2.26. The number of benzene rings is 2. The number of rotatable bonds is 3. The molecule has 130 valence electrons. The van der Waals surface area contributed by atoms with E-state index >= 15 is 0 Å². The van der Waals surface area contributed by atoms with Crippen LogP contribution in [0.3, 0.4) is 0 Å². The number of aromatic hydroxyl groups is 1. The van der Waals surface area contributed by atoms with E-state index in [1.165, 1.54) is 30.4 Å². The van der Waals surface area contributed by atoms with Crippen molar-refractivity contribution in [3.63, 3.8) is 0 Å². The normalized spacial score (nSPS) is 19.2. The third-order valence-electron chi connectivity index (χ3n) is 5.63. The molecule has 2 aliphatic rings. The molecule has 0 amide bonds. The smallest absolute Gasteiger partial charge is 0.238 e. The lowest BCUT2D eigenvalue weighted by molar-refractivity contribution is 0.157. The van der Waals surface area contributed by atoms with Gasteiger partial charge in [-0.3, -0.25) is 0 Å². The van der Waals surface area contributed by atoms with E-state index in [2.05, 4.69) is 0 Å². The Balaban J connectivity index is 1.77. The molecule has 3 N–H and O–H groups in total. The van der Waals surface area contributed by atoms with Crippen LogP contribution >= 0.6 is 0 Å². The highest BCUT2D eigenvalue weighted by molar-refractivity contribution is 7.89. The molecule has 2 aromatic carbocycles. The largest absolute Gasteiger partial charge is 0.508 e. The maximum absolute atomic E-state index is 11.5. The molecule has 0 heterocycles. The number of hydrogen-bond donors (Lipinski definition) is 2. The van der Waals surface area contributed by atoms with Crippen molar-refractivity contribution in [3.05, 3.63) is 59.7 Å². The van der Waals surface area contributed by atoms with Crippen LogP contribution in [-0.4, -0.2) is 13.5 Å². The van der Waals surface area contributed by atoms with E-state index in [9.17, 15) is 13.5 Å². The number of hydrogen-bond acceptors (Lipinski definition) is 3. The molecule has 0 unspecified atom stereocenters. The first-order valence-electron chi connectivity index (χ1n) is 8.51. The summed E-state index contributed by atoms with van der Waals surface area (Å²) < 4.78 is 23.0. The van der Waals surface area contributed by atoms with Gasteiger partial charge >= 0.3 is 0 Å². The summed E-state index contributed by atoms with van der Waals surface area (Å²) in [4.78, 5) is 0.138. The molecule has 0 atom stereocenters. The Labute approximate surface area is 148 Å². The summed E-state index contributed by atoms with van der Waals surface area (Å²) in [6.07, 6.45) is 5.84. The summed E-state index contributed by atoms with van der Waals surface area (Å²) in [5, 5.41) is 14.8. The van der Waals surface area contributed by atoms with Crippen molar-refractivity contribution in [2.45, 2.75) is 37.0 Å². The molecule has 25 heavy (non-hydrogen) atoms. The summed E-state index contributed by atoms with van der Waals surface area (Å²) in [7, 11) is -3.67. The van der Waals surface area contributed by atoms with E-state index < -0.39 is 10.0 Å². The number of phenols is 1. The molecule has 1 fully saturated rings. The minimum atomic E-state index is -3.67. The second kappa shape index (κ2) is 5.71. The lowest BCUT2D eigenvalue weighted by Gasteiger charge is -2.39. The predicted octanol–water partition coefficient (Wildman–Crippen LogP) is 3.91. The van der Waals surface area contributed by atoms with Crippen LogP contribution in [0.2, 0.25) is 0 Å². The Hall–Kier alpha value is -2.11. The lowest BCUT2D eigenvalue weighted by atomic mass is 9.66. The Morgan fingerprint density at radius 1 is 0.840 bits per heavy atom. The fraction of sp³-hybridized carbons (Fsp3) is 0.300. The first-order valence-corrected chi connectivity index (χ1v) is 10.1. The highest BCUT2D eigenvalue weighted by Crippen LogP contribution is 2.59. The van der Waals surface area contributed by atoms with E-state index in [4.69, 9.17) is 5.14 Å². The van der Waals surface area contributed by atoms with Crippen molar-refractivity contribution in [1.29, 1.82) is 0 Å². The average molecular weight is 355 g/mol. The molecular formula is C20H21NO3S. The number of primary sulfonamides is 1. The second-order valence-corrected chi connectivity index (χ2v) is 8.84. The molecule has 0 bridgehead atoms. The predicted molar refractivity (Wildman–Crippen MR) is 98.3 cm³/mol. The van der Waals surface area contributed by atoms with Crippen LogP contribution in [-0.2, 0) is 10.0 Å². The van der Waals surface area contributed by atoms with E-state index in [1.807, 2.05) is 24.3 Å². The molecule has 0 saturated heterocycles. The number of nitrogens with two attached hydrogens (primary N) is 1. The van der Waals surface area contributed by atoms with E-state index in [-0.39, 0.29) is 10.6 Å². The average Bonchev–Trinajstić information content (AvgIpc) is 2.96. The molecule has 1 spiro atoms. The van der Waals surface area contributed by atoms with Crippen molar-refractivity contribution in [1.82, 2.24) is 0 Å². The van der Waals surface area contributed by atoms with Crippen LogP contribution in [0.1, 0.15) is 43.2 Å². The Bertz CT molecular complexity index is 937. The Morgan fingerprint density at radius 3 is 1.72 bits per heavy atom. The van der Waals surface area contributed by atoms with Crippen LogP contribution < -0.4 is 5.14 Å². The minimum absolute atomic E-state index is 0.138. The van der Waals surface area contributed by atoms with Gasteiger partial charge in [-0.05, 0) is 77.6 Å². The summed E-state index contributed by atoms with van der Waals surface area (Å²) in [6.45, 7) is 0. The Kier molecular flexibility index (Phi) is 3.74. The summed E-state index contributed by atoms with van der Waals surface area (Å²) in [5.74, 6) is 0.264. The van der Waals surface area contributed by atoms with Gasteiger partial charge in [0.15, 0.2) is 0 Å². The fourth-order valence-electron chi connectivity index (χ4n) is 4.12.